The molecule has 7 heteroatoms. The number of benzene rings is 2. The number of rotatable bonds is 7. The van der Waals surface area contributed by atoms with E-state index in [2.05, 4.69) is 5.32 Å². The molecule has 1 N–H and O–H groups in total. The summed E-state index contributed by atoms with van der Waals surface area (Å²) in [6, 6.07) is 12.0. The lowest BCUT2D eigenvalue weighted by molar-refractivity contribution is -0.116. The van der Waals surface area contributed by atoms with E-state index in [1.54, 1.807) is 49.6 Å². The summed E-state index contributed by atoms with van der Waals surface area (Å²) in [6.07, 6.45) is 0. The standard InChI is InChI=1S/C19H21ClN2O4/c1-13(23)22(17-9-8-14(25-2)12-18(17)26-3)11-10-21-19(24)15-6-4-5-7-16(15)20/h4-9,12H,10-11H2,1-3H3,(H,21,24). The Morgan fingerprint density at radius 1 is 1.12 bits per heavy atom. The highest BCUT2D eigenvalue weighted by Crippen LogP contribution is 2.32. The number of carbonyl (C=O) groups excluding carboxylic acids is 2. The largest absolute Gasteiger partial charge is 0.497 e. The zero-order valence-electron chi connectivity index (χ0n) is 14.9. The molecule has 0 aliphatic carbocycles. The van der Waals surface area contributed by atoms with E-state index in [9.17, 15) is 9.59 Å². The first kappa shape index (κ1) is 19.6. The van der Waals surface area contributed by atoms with Gasteiger partial charge >= 0.3 is 0 Å². The number of halogens is 1. The Balaban J connectivity index is 2.09. The van der Waals surface area contributed by atoms with Crippen LogP contribution in [-0.4, -0.2) is 39.1 Å². The van der Waals surface area contributed by atoms with Gasteiger partial charge in [-0.05, 0) is 24.3 Å². The van der Waals surface area contributed by atoms with Crippen LogP contribution in [0.5, 0.6) is 11.5 Å². The van der Waals surface area contributed by atoms with Crippen molar-refractivity contribution in [2.45, 2.75) is 6.92 Å². The lowest BCUT2D eigenvalue weighted by Gasteiger charge is -2.24. The molecule has 0 radical (unpaired) electrons. The fourth-order valence-corrected chi connectivity index (χ4v) is 2.70. The van der Waals surface area contributed by atoms with Crippen molar-refractivity contribution in [3.8, 4) is 11.5 Å². The van der Waals surface area contributed by atoms with Crippen molar-refractivity contribution in [2.24, 2.45) is 0 Å². The van der Waals surface area contributed by atoms with E-state index in [0.717, 1.165) is 0 Å². The molecule has 2 amide bonds. The van der Waals surface area contributed by atoms with Crippen molar-refractivity contribution in [2.75, 3.05) is 32.2 Å². The molecule has 0 unspecified atom stereocenters. The second kappa shape index (κ2) is 9.10. The summed E-state index contributed by atoms with van der Waals surface area (Å²) in [6.45, 7) is 2.01. The van der Waals surface area contributed by atoms with Gasteiger partial charge in [-0.2, -0.15) is 0 Å². The van der Waals surface area contributed by atoms with E-state index in [1.807, 2.05) is 0 Å². The molecule has 0 fully saturated rings. The minimum absolute atomic E-state index is 0.166. The Labute approximate surface area is 157 Å². The zero-order chi connectivity index (χ0) is 19.1. The second-order valence-electron chi connectivity index (χ2n) is 5.44. The van der Waals surface area contributed by atoms with Gasteiger partial charge in [0.05, 0.1) is 30.5 Å². The lowest BCUT2D eigenvalue weighted by Crippen LogP contribution is -2.37. The van der Waals surface area contributed by atoms with Crippen LogP contribution < -0.4 is 19.7 Å². The van der Waals surface area contributed by atoms with Gasteiger partial charge in [-0.25, -0.2) is 0 Å². The molecule has 138 valence electrons. The van der Waals surface area contributed by atoms with Gasteiger partial charge in [0.1, 0.15) is 11.5 Å². The summed E-state index contributed by atoms with van der Waals surface area (Å²) in [5.74, 6) is 0.680. The normalized spacial score (nSPS) is 10.2. The van der Waals surface area contributed by atoms with Gasteiger partial charge in [-0.15, -0.1) is 0 Å². The van der Waals surface area contributed by atoms with Crippen molar-refractivity contribution in [3.05, 3.63) is 53.1 Å². The molecule has 2 aromatic rings. The molecule has 0 heterocycles. The minimum Gasteiger partial charge on any atom is -0.497 e. The average Bonchev–Trinajstić information content (AvgIpc) is 2.64. The van der Waals surface area contributed by atoms with Crippen LogP contribution in [0.4, 0.5) is 5.69 Å². The molecular formula is C19H21ClN2O4. The van der Waals surface area contributed by atoms with Crippen LogP contribution >= 0.6 is 11.6 Å². The van der Waals surface area contributed by atoms with Crippen LogP contribution in [-0.2, 0) is 4.79 Å². The summed E-state index contributed by atoms with van der Waals surface area (Å²) in [5.41, 5.74) is 0.998. The maximum Gasteiger partial charge on any atom is 0.252 e. The van der Waals surface area contributed by atoms with Crippen LogP contribution in [0, 0.1) is 0 Å². The van der Waals surface area contributed by atoms with Crippen LogP contribution in [0.1, 0.15) is 17.3 Å². The van der Waals surface area contributed by atoms with Crippen molar-refractivity contribution in [1.29, 1.82) is 0 Å². The number of hydrogen-bond acceptors (Lipinski definition) is 4. The SMILES string of the molecule is COc1ccc(N(CCNC(=O)c2ccccc2Cl)C(C)=O)c(OC)c1. The van der Waals surface area contributed by atoms with Crippen molar-refractivity contribution < 1.29 is 19.1 Å². The highest BCUT2D eigenvalue weighted by molar-refractivity contribution is 6.33. The van der Waals surface area contributed by atoms with Crippen molar-refractivity contribution >= 4 is 29.1 Å². The van der Waals surface area contributed by atoms with Gasteiger partial charge < -0.3 is 19.7 Å². The predicted octanol–water partition coefficient (Wildman–Crippen LogP) is 3.14. The third kappa shape index (κ3) is 4.67. The summed E-state index contributed by atoms with van der Waals surface area (Å²) in [7, 11) is 3.08. The maximum absolute atomic E-state index is 12.2. The minimum atomic E-state index is -0.291. The molecule has 0 saturated carbocycles. The van der Waals surface area contributed by atoms with E-state index >= 15 is 0 Å². The second-order valence-corrected chi connectivity index (χ2v) is 5.85. The van der Waals surface area contributed by atoms with Gasteiger partial charge in [0.15, 0.2) is 0 Å². The van der Waals surface area contributed by atoms with E-state index < -0.39 is 0 Å². The van der Waals surface area contributed by atoms with Gasteiger partial charge in [0.25, 0.3) is 5.91 Å². The third-order valence-electron chi connectivity index (χ3n) is 3.80. The maximum atomic E-state index is 12.2. The Morgan fingerprint density at radius 2 is 1.85 bits per heavy atom. The molecule has 0 aliphatic heterocycles. The van der Waals surface area contributed by atoms with Crippen LogP contribution in [0.2, 0.25) is 5.02 Å². The third-order valence-corrected chi connectivity index (χ3v) is 4.13. The molecule has 0 aromatic heterocycles. The average molecular weight is 377 g/mol. The van der Waals surface area contributed by atoms with E-state index in [4.69, 9.17) is 21.1 Å². The summed E-state index contributed by atoms with van der Waals surface area (Å²) >= 11 is 6.02. The molecule has 2 rings (SSSR count). The highest BCUT2D eigenvalue weighted by Gasteiger charge is 2.17. The zero-order valence-corrected chi connectivity index (χ0v) is 15.7. The van der Waals surface area contributed by atoms with E-state index in [1.165, 1.54) is 18.9 Å². The Kier molecular flexibility index (Phi) is 6.86. The van der Waals surface area contributed by atoms with E-state index in [0.29, 0.717) is 27.8 Å². The van der Waals surface area contributed by atoms with E-state index in [-0.39, 0.29) is 24.9 Å². The smallest absolute Gasteiger partial charge is 0.252 e. The fraction of sp³-hybridized carbons (Fsp3) is 0.263. The van der Waals surface area contributed by atoms with Crippen LogP contribution in [0.3, 0.4) is 0 Å². The van der Waals surface area contributed by atoms with Gasteiger partial charge in [-0.3, -0.25) is 9.59 Å². The van der Waals surface area contributed by atoms with Gasteiger partial charge in [0.2, 0.25) is 5.91 Å². The molecule has 0 saturated heterocycles. The molecule has 0 spiro atoms. The molecule has 6 nitrogen and oxygen atoms in total. The first-order valence-corrected chi connectivity index (χ1v) is 8.38. The molecule has 0 bridgehead atoms. The topological polar surface area (TPSA) is 67.9 Å². The van der Waals surface area contributed by atoms with Gasteiger partial charge in [0, 0.05) is 26.1 Å². The highest BCUT2D eigenvalue weighted by atomic mass is 35.5. The number of ether oxygens (including phenoxy) is 2. The molecular weight excluding hydrogens is 356 g/mol. The Bertz CT molecular complexity index is 795. The number of methoxy groups -OCH3 is 2. The summed E-state index contributed by atoms with van der Waals surface area (Å²) < 4.78 is 10.5. The molecule has 0 atom stereocenters. The number of nitrogens with zero attached hydrogens (tertiary/aromatic N) is 1. The predicted molar refractivity (Wildman–Crippen MR) is 101 cm³/mol. The Hall–Kier alpha value is -2.73. The fourth-order valence-electron chi connectivity index (χ4n) is 2.48. The lowest BCUT2D eigenvalue weighted by atomic mass is 10.2. The van der Waals surface area contributed by atoms with Crippen molar-refractivity contribution in [1.82, 2.24) is 5.32 Å². The number of amides is 2. The van der Waals surface area contributed by atoms with Crippen LogP contribution in [0.25, 0.3) is 0 Å². The number of anilines is 1. The Morgan fingerprint density at radius 3 is 2.46 bits per heavy atom. The number of carbonyl (C=O) groups is 2. The summed E-state index contributed by atoms with van der Waals surface area (Å²) in [4.78, 5) is 25.8. The number of nitrogens with one attached hydrogen (secondary N) is 1. The molecule has 26 heavy (non-hydrogen) atoms. The quantitative estimate of drug-likeness (QED) is 0.806. The molecule has 0 aliphatic rings. The monoisotopic (exact) mass is 376 g/mol. The summed E-state index contributed by atoms with van der Waals surface area (Å²) in [5, 5.41) is 3.15. The van der Waals surface area contributed by atoms with Crippen molar-refractivity contribution in [3.63, 3.8) is 0 Å². The first-order chi connectivity index (χ1) is 12.5. The number of hydrogen-bond donors (Lipinski definition) is 1. The molecule has 2 aromatic carbocycles. The van der Waals surface area contributed by atoms with Crippen LogP contribution in [0.15, 0.2) is 42.5 Å². The van der Waals surface area contributed by atoms with Gasteiger partial charge in [-0.1, -0.05) is 23.7 Å². The first-order valence-electron chi connectivity index (χ1n) is 8.00.